The number of carboxylic acids is 1. The van der Waals surface area contributed by atoms with Crippen molar-refractivity contribution in [2.45, 2.75) is 57.4 Å². The van der Waals surface area contributed by atoms with Gasteiger partial charge in [0, 0.05) is 20.6 Å². The second-order valence-electron chi connectivity index (χ2n) is 6.20. The van der Waals surface area contributed by atoms with Crippen molar-refractivity contribution in [3.05, 3.63) is 35.9 Å². The first-order valence-corrected chi connectivity index (χ1v) is 9.21. The summed E-state index contributed by atoms with van der Waals surface area (Å²) < 4.78 is 4.25. The van der Waals surface area contributed by atoms with Gasteiger partial charge in [0.15, 0.2) is 0 Å². The van der Waals surface area contributed by atoms with E-state index in [2.05, 4.69) is 10.1 Å². The van der Waals surface area contributed by atoms with E-state index in [-0.39, 0.29) is 12.3 Å². The fraction of sp³-hybridized carbons (Fsp3) is 0.600. The highest BCUT2D eigenvalue weighted by Gasteiger charge is 2.17. The average molecular weight is 367 g/mol. The average Bonchev–Trinajstić information content (AvgIpc) is 2.61. The maximum absolute atomic E-state index is 12.0. The number of aliphatic carboxylic acids is 1. The molecule has 0 aliphatic rings. The third-order valence-corrected chi connectivity index (χ3v) is 3.77. The Morgan fingerprint density at radius 1 is 1.04 bits per heavy atom. The van der Waals surface area contributed by atoms with Gasteiger partial charge in [0.2, 0.25) is 5.91 Å². The van der Waals surface area contributed by atoms with Gasteiger partial charge in [0.05, 0.1) is 12.5 Å². The number of amides is 1. The molecule has 0 bridgehead atoms. The highest BCUT2D eigenvalue weighted by Crippen LogP contribution is 2.17. The van der Waals surface area contributed by atoms with Crippen molar-refractivity contribution in [2.24, 2.45) is 5.73 Å². The lowest BCUT2D eigenvalue weighted by atomic mass is 10.0. The quantitative estimate of drug-likeness (QED) is 0.493. The molecule has 0 radical (unpaired) electrons. The van der Waals surface area contributed by atoms with Gasteiger partial charge in [0.25, 0.3) is 0 Å². The van der Waals surface area contributed by atoms with E-state index in [0.29, 0.717) is 6.42 Å². The van der Waals surface area contributed by atoms with E-state index < -0.39 is 12.0 Å². The number of carbonyl (C=O) groups excluding carboxylic acids is 1. The summed E-state index contributed by atoms with van der Waals surface area (Å²) in [5.74, 6) is -0.999. The number of carboxylic acid groups (broad SMARTS) is 1. The van der Waals surface area contributed by atoms with Crippen molar-refractivity contribution in [1.82, 2.24) is 5.32 Å². The highest BCUT2D eigenvalue weighted by molar-refractivity contribution is 5.77. The van der Waals surface area contributed by atoms with E-state index in [1.54, 1.807) is 14.2 Å². The van der Waals surface area contributed by atoms with Crippen LogP contribution in [0.3, 0.4) is 0 Å². The molecule has 1 unspecified atom stereocenters. The Bertz CT molecular complexity index is 480. The van der Waals surface area contributed by atoms with Gasteiger partial charge < -0.3 is 20.9 Å². The lowest BCUT2D eigenvalue weighted by Crippen LogP contribution is -2.29. The lowest BCUT2D eigenvalue weighted by Gasteiger charge is -2.17. The molecule has 0 spiro atoms. The molecule has 0 heterocycles. The van der Waals surface area contributed by atoms with Crippen LogP contribution in [0, 0.1) is 0 Å². The number of methoxy groups -OCH3 is 1. The molecular weight excluding hydrogens is 332 g/mol. The summed E-state index contributed by atoms with van der Waals surface area (Å²) >= 11 is 0. The van der Waals surface area contributed by atoms with Crippen molar-refractivity contribution in [1.29, 1.82) is 0 Å². The highest BCUT2D eigenvalue weighted by atomic mass is 16.4. The molecule has 0 aliphatic heterocycles. The Labute approximate surface area is 157 Å². The Kier molecular flexibility index (Phi) is 15.3. The van der Waals surface area contributed by atoms with Crippen LogP contribution in [0.25, 0.3) is 0 Å². The fourth-order valence-corrected chi connectivity index (χ4v) is 2.52. The zero-order valence-corrected chi connectivity index (χ0v) is 16.1. The number of nitrogens with two attached hydrogens (primary N) is 1. The van der Waals surface area contributed by atoms with Gasteiger partial charge in [0.1, 0.15) is 0 Å². The van der Waals surface area contributed by atoms with Gasteiger partial charge in [-0.3, -0.25) is 9.59 Å². The van der Waals surface area contributed by atoms with Crippen LogP contribution in [0.2, 0.25) is 0 Å². The molecule has 1 amide bonds. The third-order valence-electron chi connectivity index (χ3n) is 3.77. The maximum Gasteiger partial charge on any atom is 0.305 e. The van der Waals surface area contributed by atoms with Gasteiger partial charge in [-0.1, -0.05) is 56.0 Å². The molecule has 1 atom stereocenters. The summed E-state index contributed by atoms with van der Waals surface area (Å²) in [4.78, 5) is 23.0. The zero-order chi connectivity index (χ0) is 19.6. The number of hydrogen-bond donors (Lipinski definition) is 3. The largest absolute Gasteiger partial charge is 0.481 e. The summed E-state index contributed by atoms with van der Waals surface area (Å²) in [7, 11) is 3.25. The number of rotatable bonds is 12. The SMILES string of the molecule is COC.NCCCCCCCCC(=O)NC(CC(=O)O)c1ccccc1. The molecule has 0 aromatic heterocycles. The zero-order valence-electron chi connectivity index (χ0n) is 16.1. The van der Waals surface area contributed by atoms with E-state index in [1.807, 2.05) is 30.3 Å². The molecule has 0 saturated heterocycles. The first kappa shape index (κ1) is 24.1. The van der Waals surface area contributed by atoms with Crippen LogP contribution in [-0.2, 0) is 14.3 Å². The van der Waals surface area contributed by atoms with Crippen molar-refractivity contribution < 1.29 is 19.4 Å². The van der Waals surface area contributed by atoms with Crippen molar-refractivity contribution in [3.8, 4) is 0 Å². The first-order chi connectivity index (χ1) is 12.5. The van der Waals surface area contributed by atoms with E-state index in [4.69, 9.17) is 10.8 Å². The summed E-state index contributed by atoms with van der Waals surface area (Å²) in [6.07, 6.45) is 6.69. The lowest BCUT2D eigenvalue weighted by molar-refractivity contribution is -0.137. The first-order valence-electron chi connectivity index (χ1n) is 9.21. The van der Waals surface area contributed by atoms with Crippen LogP contribution in [-0.4, -0.2) is 37.7 Å². The Balaban J connectivity index is 0.00000194. The summed E-state index contributed by atoms with van der Waals surface area (Å²) in [5.41, 5.74) is 6.27. The van der Waals surface area contributed by atoms with Crippen LogP contribution in [0.15, 0.2) is 30.3 Å². The van der Waals surface area contributed by atoms with E-state index in [1.165, 1.54) is 0 Å². The minimum atomic E-state index is -0.918. The minimum absolute atomic E-state index is 0.0814. The van der Waals surface area contributed by atoms with E-state index >= 15 is 0 Å². The number of hydrogen-bond acceptors (Lipinski definition) is 4. The molecule has 0 fully saturated rings. The molecule has 6 heteroatoms. The monoisotopic (exact) mass is 366 g/mol. The predicted molar refractivity (Wildman–Crippen MR) is 104 cm³/mol. The molecule has 6 nitrogen and oxygen atoms in total. The summed E-state index contributed by atoms with van der Waals surface area (Å²) in [6, 6.07) is 8.77. The number of ether oxygens (including phenoxy) is 1. The minimum Gasteiger partial charge on any atom is -0.481 e. The van der Waals surface area contributed by atoms with Crippen molar-refractivity contribution in [2.75, 3.05) is 20.8 Å². The molecule has 4 N–H and O–H groups in total. The van der Waals surface area contributed by atoms with Crippen LogP contribution in [0.4, 0.5) is 0 Å². The smallest absolute Gasteiger partial charge is 0.305 e. The summed E-state index contributed by atoms with van der Waals surface area (Å²) in [6.45, 7) is 0.743. The summed E-state index contributed by atoms with van der Waals surface area (Å²) in [5, 5.41) is 11.9. The molecule has 1 aromatic carbocycles. The maximum atomic E-state index is 12.0. The van der Waals surface area contributed by atoms with Crippen molar-refractivity contribution >= 4 is 11.9 Å². The topological polar surface area (TPSA) is 102 Å². The van der Waals surface area contributed by atoms with Gasteiger partial charge in [-0.2, -0.15) is 0 Å². The number of benzene rings is 1. The Morgan fingerprint density at radius 3 is 2.12 bits per heavy atom. The number of nitrogens with one attached hydrogen (secondary N) is 1. The van der Waals surface area contributed by atoms with Crippen LogP contribution < -0.4 is 11.1 Å². The number of carbonyl (C=O) groups is 2. The molecule has 26 heavy (non-hydrogen) atoms. The number of unbranched alkanes of at least 4 members (excludes halogenated alkanes) is 5. The van der Waals surface area contributed by atoms with E-state index in [9.17, 15) is 9.59 Å². The normalized spacial score (nSPS) is 11.2. The van der Waals surface area contributed by atoms with Crippen LogP contribution >= 0.6 is 0 Å². The molecule has 1 aromatic rings. The predicted octanol–water partition coefficient (Wildman–Crippen LogP) is 3.27. The standard InChI is InChI=1S/C18H28N2O3.C2H6O/c19-13-9-4-2-1-3-8-12-17(21)20-16(14-18(22)23)15-10-6-5-7-11-15;1-3-2/h5-7,10-11,16H,1-4,8-9,12-14,19H2,(H,20,21)(H,22,23);1-2H3. The van der Waals surface area contributed by atoms with Gasteiger partial charge in [-0.25, -0.2) is 0 Å². The second kappa shape index (κ2) is 16.5. The molecule has 1 rings (SSSR count). The molecular formula is C20H34N2O4. The Hall–Kier alpha value is -1.92. The molecule has 0 saturated carbocycles. The van der Waals surface area contributed by atoms with E-state index in [0.717, 1.165) is 50.6 Å². The second-order valence-corrected chi connectivity index (χ2v) is 6.20. The van der Waals surface area contributed by atoms with Gasteiger partial charge >= 0.3 is 5.97 Å². The van der Waals surface area contributed by atoms with Crippen LogP contribution in [0.5, 0.6) is 0 Å². The molecule has 0 aliphatic carbocycles. The fourth-order valence-electron chi connectivity index (χ4n) is 2.52. The Morgan fingerprint density at radius 2 is 1.58 bits per heavy atom. The van der Waals surface area contributed by atoms with Crippen LogP contribution in [0.1, 0.15) is 63.0 Å². The third kappa shape index (κ3) is 13.4. The van der Waals surface area contributed by atoms with Gasteiger partial charge in [-0.15, -0.1) is 0 Å². The molecule has 148 valence electrons. The van der Waals surface area contributed by atoms with Gasteiger partial charge in [-0.05, 0) is 24.9 Å². The van der Waals surface area contributed by atoms with Crippen molar-refractivity contribution in [3.63, 3.8) is 0 Å².